The molecule has 2 fully saturated rings. The van der Waals surface area contributed by atoms with Gasteiger partial charge < -0.3 is 10.2 Å². The Kier molecular flexibility index (Phi) is 4.55. The largest absolute Gasteiger partial charge is 0.351 e. The molecule has 1 saturated carbocycles. The number of piperazine rings is 1. The highest BCUT2D eigenvalue weighted by Gasteiger charge is 2.32. The van der Waals surface area contributed by atoms with Crippen LogP contribution in [0.1, 0.15) is 29.6 Å². The fourth-order valence-corrected chi connectivity index (χ4v) is 3.35. The number of rotatable bonds is 5. The van der Waals surface area contributed by atoms with Crippen molar-refractivity contribution < 1.29 is 9.59 Å². The van der Waals surface area contributed by atoms with Crippen molar-refractivity contribution in [3.8, 4) is 0 Å². The number of thiophene rings is 1. The summed E-state index contributed by atoms with van der Waals surface area (Å²) in [5, 5.41) is 6.49. The quantitative estimate of drug-likeness (QED) is 0.888. The van der Waals surface area contributed by atoms with Gasteiger partial charge in [-0.3, -0.25) is 14.5 Å². The zero-order chi connectivity index (χ0) is 14.7. The van der Waals surface area contributed by atoms with Gasteiger partial charge >= 0.3 is 0 Å². The lowest BCUT2D eigenvalue weighted by atomic mass is 10.2. The predicted molar refractivity (Wildman–Crippen MR) is 82.4 cm³/mol. The van der Waals surface area contributed by atoms with Gasteiger partial charge in [0.05, 0.1) is 0 Å². The van der Waals surface area contributed by atoms with E-state index in [0.29, 0.717) is 18.5 Å². The number of hydrogen-bond donors (Lipinski definition) is 1. The first-order valence-electron chi connectivity index (χ1n) is 7.56. The average Bonchev–Trinajstić information content (AvgIpc) is 3.21. The molecule has 0 radical (unpaired) electrons. The Bertz CT molecular complexity index is 491. The molecule has 1 N–H and O–H groups in total. The van der Waals surface area contributed by atoms with Gasteiger partial charge in [-0.05, 0) is 24.3 Å². The lowest BCUT2D eigenvalue weighted by molar-refractivity contribution is -0.132. The lowest BCUT2D eigenvalue weighted by Crippen LogP contribution is -2.49. The summed E-state index contributed by atoms with van der Waals surface area (Å²) < 4.78 is 0. The van der Waals surface area contributed by atoms with Crippen LogP contribution in [0.2, 0.25) is 0 Å². The van der Waals surface area contributed by atoms with E-state index < -0.39 is 0 Å². The van der Waals surface area contributed by atoms with Crippen molar-refractivity contribution in [3.05, 3.63) is 22.4 Å². The molecule has 0 atom stereocenters. The molecular formula is C15H21N3O2S. The van der Waals surface area contributed by atoms with Crippen LogP contribution in [-0.4, -0.2) is 60.4 Å². The molecule has 0 spiro atoms. The Morgan fingerprint density at radius 2 is 2.00 bits per heavy atom. The number of nitrogens with one attached hydrogen (secondary N) is 1. The molecule has 1 aliphatic carbocycles. The number of carbonyl (C=O) groups excluding carboxylic acids is 2. The summed E-state index contributed by atoms with van der Waals surface area (Å²) >= 11 is 1.50. The van der Waals surface area contributed by atoms with E-state index in [4.69, 9.17) is 0 Å². The fourth-order valence-electron chi connectivity index (χ4n) is 2.71. The van der Waals surface area contributed by atoms with Crippen LogP contribution in [0.4, 0.5) is 0 Å². The lowest BCUT2D eigenvalue weighted by Gasteiger charge is -2.34. The molecule has 1 aromatic heterocycles. The molecule has 1 aromatic rings. The molecule has 2 aliphatic rings. The van der Waals surface area contributed by atoms with Gasteiger partial charge in [0.15, 0.2) is 0 Å². The number of hydrogen-bond acceptors (Lipinski definition) is 4. The third kappa shape index (κ3) is 3.83. The van der Waals surface area contributed by atoms with Gasteiger partial charge in [0.1, 0.15) is 0 Å². The fraction of sp³-hybridized carbons (Fsp3) is 0.600. The molecule has 114 valence electrons. The van der Waals surface area contributed by atoms with E-state index in [1.165, 1.54) is 24.2 Å². The van der Waals surface area contributed by atoms with Gasteiger partial charge in [-0.1, -0.05) is 0 Å². The topological polar surface area (TPSA) is 52.7 Å². The Morgan fingerprint density at radius 3 is 2.62 bits per heavy atom. The molecule has 5 nitrogen and oxygen atoms in total. The summed E-state index contributed by atoms with van der Waals surface area (Å²) in [6.07, 6.45) is 3.03. The van der Waals surface area contributed by atoms with Gasteiger partial charge in [0.2, 0.25) is 5.91 Å². The molecule has 0 unspecified atom stereocenters. The van der Waals surface area contributed by atoms with Gasteiger partial charge in [-0.2, -0.15) is 11.3 Å². The molecular weight excluding hydrogens is 286 g/mol. The van der Waals surface area contributed by atoms with E-state index >= 15 is 0 Å². The first-order chi connectivity index (χ1) is 10.2. The molecule has 1 saturated heterocycles. The highest BCUT2D eigenvalue weighted by Crippen LogP contribution is 2.27. The second-order valence-electron chi connectivity index (χ2n) is 5.67. The zero-order valence-corrected chi connectivity index (χ0v) is 12.9. The van der Waals surface area contributed by atoms with Crippen molar-refractivity contribution in [1.82, 2.24) is 15.1 Å². The maximum absolute atomic E-state index is 12.1. The Balaban J connectivity index is 1.35. The zero-order valence-electron chi connectivity index (χ0n) is 12.1. The van der Waals surface area contributed by atoms with Crippen LogP contribution in [-0.2, 0) is 4.79 Å². The van der Waals surface area contributed by atoms with Crippen LogP contribution >= 0.6 is 11.3 Å². The molecule has 0 bridgehead atoms. The van der Waals surface area contributed by atoms with E-state index in [9.17, 15) is 9.59 Å². The smallest absolute Gasteiger partial charge is 0.252 e. The average molecular weight is 307 g/mol. The Labute approximate surface area is 128 Å². The summed E-state index contributed by atoms with van der Waals surface area (Å²) in [6, 6.07) is 2.57. The monoisotopic (exact) mass is 307 g/mol. The van der Waals surface area contributed by atoms with Gasteiger partial charge in [0.25, 0.3) is 5.91 Å². The van der Waals surface area contributed by atoms with Crippen molar-refractivity contribution in [1.29, 1.82) is 0 Å². The summed E-state index contributed by atoms with van der Waals surface area (Å²) in [6.45, 7) is 4.06. The number of carbonyl (C=O) groups is 2. The first kappa shape index (κ1) is 14.5. The van der Waals surface area contributed by atoms with E-state index in [1.54, 1.807) is 6.07 Å². The van der Waals surface area contributed by atoms with Crippen LogP contribution < -0.4 is 5.32 Å². The third-order valence-electron chi connectivity index (χ3n) is 4.14. The van der Waals surface area contributed by atoms with Crippen LogP contribution in [0.3, 0.4) is 0 Å². The first-order valence-corrected chi connectivity index (χ1v) is 8.50. The summed E-state index contributed by atoms with van der Waals surface area (Å²) in [4.78, 5) is 28.3. The van der Waals surface area contributed by atoms with Crippen molar-refractivity contribution in [2.45, 2.75) is 25.3 Å². The van der Waals surface area contributed by atoms with E-state index in [1.807, 2.05) is 15.7 Å². The molecule has 0 aromatic carbocycles. The summed E-state index contributed by atoms with van der Waals surface area (Å²) in [5.74, 6) is 0.0543. The van der Waals surface area contributed by atoms with Crippen molar-refractivity contribution >= 4 is 23.2 Å². The van der Waals surface area contributed by atoms with Crippen LogP contribution in [0, 0.1) is 0 Å². The molecule has 2 heterocycles. The van der Waals surface area contributed by atoms with E-state index in [0.717, 1.165) is 32.2 Å². The number of amides is 2. The van der Waals surface area contributed by atoms with Crippen molar-refractivity contribution in [2.75, 3.05) is 32.7 Å². The van der Waals surface area contributed by atoms with E-state index in [2.05, 4.69) is 10.2 Å². The SMILES string of the molecule is O=C(NCCC(=O)N1CCN(C2CC2)CC1)c1ccsc1. The maximum Gasteiger partial charge on any atom is 0.252 e. The third-order valence-corrected chi connectivity index (χ3v) is 4.82. The normalized spacial score (nSPS) is 19.5. The molecule has 1 aliphatic heterocycles. The summed E-state index contributed by atoms with van der Waals surface area (Å²) in [5.41, 5.74) is 0.672. The predicted octanol–water partition coefficient (Wildman–Crippen LogP) is 1.17. The Hall–Kier alpha value is -1.40. The minimum Gasteiger partial charge on any atom is -0.351 e. The standard InChI is InChI=1S/C15H21N3O2S/c19-14(3-5-16-15(20)12-4-10-21-11-12)18-8-6-17(7-9-18)13-1-2-13/h4,10-11,13H,1-3,5-9H2,(H,16,20). The number of nitrogens with zero attached hydrogens (tertiary/aromatic N) is 2. The molecule has 21 heavy (non-hydrogen) atoms. The van der Waals surface area contributed by atoms with Crippen molar-refractivity contribution in [2.24, 2.45) is 0 Å². The highest BCUT2D eigenvalue weighted by molar-refractivity contribution is 7.08. The van der Waals surface area contributed by atoms with Gasteiger partial charge in [-0.25, -0.2) is 0 Å². The van der Waals surface area contributed by atoms with Crippen LogP contribution in [0.25, 0.3) is 0 Å². The van der Waals surface area contributed by atoms with Crippen molar-refractivity contribution in [3.63, 3.8) is 0 Å². The van der Waals surface area contributed by atoms with Gasteiger partial charge in [0, 0.05) is 56.1 Å². The summed E-state index contributed by atoms with van der Waals surface area (Å²) in [7, 11) is 0. The molecule has 2 amide bonds. The van der Waals surface area contributed by atoms with Crippen LogP contribution in [0.15, 0.2) is 16.8 Å². The minimum absolute atomic E-state index is 0.0948. The minimum atomic E-state index is -0.0948. The van der Waals surface area contributed by atoms with Crippen LogP contribution in [0.5, 0.6) is 0 Å². The second kappa shape index (κ2) is 6.58. The molecule has 6 heteroatoms. The molecule has 3 rings (SSSR count). The highest BCUT2D eigenvalue weighted by atomic mass is 32.1. The van der Waals surface area contributed by atoms with E-state index in [-0.39, 0.29) is 11.8 Å². The van der Waals surface area contributed by atoms with Gasteiger partial charge in [-0.15, -0.1) is 0 Å². The Morgan fingerprint density at radius 1 is 1.24 bits per heavy atom. The second-order valence-corrected chi connectivity index (χ2v) is 6.45. The maximum atomic E-state index is 12.1.